The van der Waals surface area contributed by atoms with Gasteiger partial charge in [-0.25, -0.2) is 9.59 Å². The number of hydrogen-bond acceptors (Lipinski definition) is 7. The number of hydrogen-bond donors (Lipinski definition) is 2. The highest BCUT2D eigenvalue weighted by Crippen LogP contribution is 2.41. The third kappa shape index (κ3) is 3.75. The Balaban J connectivity index is 2.31. The number of rotatable bonds is 6. The minimum atomic E-state index is -1.17. The molecule has 0 aromatic heterocycles. The van der Waals surface area contributed by atoms with Crippen LogP contribution in [0.15, 0.2) is 48.0 Å². The van der Waals surface area contributed by atoms with Gasteiger partial charge in [-0.3, -0.25) is 10.1 Å². The lowest BCUT2D eigenvalue weighted by Gasteiger charge is -2.29. The van der Waals surface area contributed by atoms with E-state index in [1.165, 1.54) is 33.5 Å². The van der Waals surface area contributed by atoms with E-state index < -0.39 is 23.0 Å². The highest BCUT2D eigenvalue weighted by Gasteiger charge is 2.38. The summed E-state index contributed by atoms with van der Waals surface area (Å²) in [7, 11) is 3.91. The van der Waals surface area contributed by atoms with Gasteiger partial charge in [0.15, 0.2) is 11.5 Å². The van der Waals surface area contributed by atoms with Gasteiger partial charge in [0.05, 0.1) is 55.2 Å². The molecule has 2 aromatic carbocycles. The number of carbonyl (C=O) groups excluding carboxylic acids is 2. The average Bonchev–Trinajstić information content (AvgIpc) is 2.77. The SMILES string of the molecule is COC(=O)C1=C(c2ccccc2)NC(=O)NC1c1cc(OC)c(OC)cc1[N+](=O)[O-]. The topological polar surface area (TPSA) is 129 Å². The number of benzene rings is 2. The van der Waals surface area contributed by atoms with Gasteiger partial charge in [0, 0.05) is 0 Å². The van der Waals surface area contributed by atoms with Crippen molar-refractivity contribution < 1.29 is 28.7 Å². The number of urea groups is 1. The third-order valence-corrected chi connectivity index (χ3v) is 4.58. The fourth-order valence-electron chi connectivity index (χ4n) is 3.23. The van der Waals surface area contributed by atoms with E-state index in [9.17, 15) is 19.7 Å². The molecule has 0 saturated heterocycles. The summed E-state index contributed by atoms with van der Waals surface area (Å²) in [5.74, 6) is -0.410. The normalized spacial score (nSPS) is 15.7. The van der Waals surface area contributed by atoms with Crippen LogP contribution in [0.4, 0.5) is 10.5 Å². The smallest absolute Gasteiger partial charge is 0.338 e. The first-order chi connectivity index (χ1) is 14.4. The zero-order valence-corrected chi connectivity index (χ0v) is 16.4. The maximum atomic E-state index is 12.7. The zero-order chi connectivity index (χ0) is 21.8. The lowest BCUT2D eigenvalue weighted by Crippen LogP contribution is -2.45. The second kappa shape index (κ2) is 8.52. The van der Waals surface area contributed by atoms with Crippen molar-refractivity contribution in [1.29, 1.82) is 0 Å². The molecule has 0 radical (unpaired) electrons. The van der Waals surface area contributed by atoms with Crippen LogP contribution in [0, 0.1) is 10.1 Å². The van der Waals surface area contributed by atoms with Crippen LogP contribution in [0.1, 0.15) is 17.2 Å². The van der Waals surface area contributed by atoms with E-state index in [1.54, 1.807) is 30.3 Å². The minimum absolute atomic E-state index is 0.0126. The third-order valence-electron chi connectivity index (χ3n) is 4.58. The maximum absolute atomic E-state index is 12.7. The van der Waals surface area contributed by atoms with Crippen LogP contribution in [0.25, 0.3) is 5.70 Å². The first-order valence-electron chi connectivity index (χ1n) is 8.77. The molecule has 1 heterocycles. The molecule has 2 N–H and O–H groups in total. The highest BCUT2D eigenvalue weighted by atomic mass is 16.6. The summed E-state index contributed by atoms with van der Waals surface area (Å²) >= 11 is 0. The van der Waals surface area contributed by atoms with Crippen LogP contribution >= 0.6 is 0 Å². The summed E-state index contributed by atoms with van der Waals surface area (Å²) < 4.78 is 15.3. The van der Waals surface area contributed by atoms with Crippen molar-refractivity contribution in [2.75, 3.05) is 21.3 Å². The van der Waals surface area contributed by atoms with Crippen molar-refractivity contribution >= 4 is 23.4 Å². The molecule has 1 unspecified atom stereocenters. The van der Waals surface area contributed by atoms with E-state index in [1.807, 2.05) is 0 Å². The second-order valence-electron chi connectivity index (χ2n) is 6.20. The Hall–Kier alpha value is -4.08. The monoisotopic (exact) mass is 413 g/mol. The Morgan fingerprint density at radius 3 is 2.27 bits per heavy atom. The number of amides is 2. The highest BCUT2D eigenvalue weighted by molar-refractivity contribution is 6.04. The molecule has 3 rings (SSSR count). The van der Waals surface area contributed by atoms with Gasteiger partial charge in [0.25, 0.3) is 5.69 Å². The lowest BCUT2D eigenvalue weighted by molar-refractivity contribution is -0.385. The molecule has 0 saturated carbocycles. The van der Waals surface area contributed by atoms with Crippen molar-refractivity contribution in [3.8, 4) is 11.5 Å². The van der Waals surface area contributed by atoms with Crippen LogP contribution in [-0.2, 0) is 9.53 Å². The second-order valence-corrected chi connectivity index (χ2v) is 6.20. The van der Waals surface area contributed by atoms with Gasteiger partial charge in [0.2, 0.25) is 0 Å². The van der Waals surface area contributed by atoms with E-state index in [2.05, 4.69) is 10.6 Å². The maximum Gasteiger partial charge on any atom is 0.338 e. The fraction of sp³-hybridized carbons (Fsp3) is 0.200. The summed E-state index contributed by atoms with van der Waals surface area (Å²) in [6.07, 6.45) is 0. The molecule has 10 nitrogen and oxygen atoms in total. The number of nitro benzene ring substituents is 1. The minimum Gasteiger partial charge on any atom is -0.493 e. The molecule has 0 spiro atoms. The molecule has 0 aliphatic carbocycles. The number of nitrogens with zero attached hydrogens (tertiary/aromatic N) is 1. The number of carbonyl (C=O) groups is 2. The Morgan fingerprint density at radius 1 is 1.07 bits per heavy atom. The Kier molecular flexibility index (Phi) is 5.86. The van der Waals surface area contributed by atoms with Crippen molar-refractivity contribution in [3.63, 3.8) is 0 Å². The molecule has 10 heteroatoms. The average molecular weight is 413 g/mol. The molecule has 1 aliphatic heterocycles. The van der Waals surface area contributed by atoms with Crippen LogP contribution in [0.2, 0.25) is 0 Å². The van der Waals surface area contributed by atoms with Gasteiger partial charge in [-0.2, -0.15) is 0 Å². The van der Waals surface area contributed by atoms with Crippen molar-refractivity contribution in [1.82, 2.24) is 10.6 Å². The number of methoxy groups -OCH3 is 3. The first kappa shape index (κ1) is 20.6. The summed E-state index contributed by atoms with van der Waals surface area (Å²) in [6.45, 7) is 0. The molecule has 1 aliphatic rings. The number of nitro groups is 1. The molecule has 0 bridgehead atoms. The summed E-state index contributed by atoms with van der Waals surface area (Å²) in [5, 5.41) is 16.9. The largest absolute Gasteiger partial charge is 0.493 e. The van der Waals surface area contributed by atoms with Gasteiger partial charge in [-0.05, 0) is 11.6 Å². The van der Waals surface area contributed by atoms with E-state index in [0.717, 1.165) is 0 Å². The van der Waals surface area contributed by atoms with Gasteiger partial charge in [-0.15, -0.1) is 0 Å². The van der Waals surface area contributed by atoms with E-state index in [-0.39, 0.29) is 34.0 Å². The number of nitrogens with one attached hydrogen (secondary N) is 2. The Morgan fingerprint density at radius 2 is 1.70 bits per heavy atom. The molecule has 30 heavy (non-hydrogen) atoms. The Labute approximate surface area is 171 Å². The van der Waals surface area contributed by atoms with E-state index >= 15 is 0 Å². The van der Waals surface area contributed by atoms with Crippen LogP contribution in [0.3, 0.4) is 0 Å². The molecular weight excluding hydrogens is 394 g/mol. The number of esters is 1. The summed E-state index contributed by atoms with van der Waals surface area (Å²) in [5.41, 5.74) is 0.440. The van der Waals surface area contributed by atoms with Gasteiger partial charge >= 0.3 is 12.0 Å². The van der Waals surface area contributed by atoms with E-state index in [0.29, 0.717) is 5.56 Å². The molecular formula is C20H19N3O7. The van der Waals surface area contributed by atoms with Crippen molar-refractivity contribution in [2.45, 2.75) is 6.04 Å². The van der Waals surface area contributed by atoms with Crippen LogP contribution in [-0.4, -0.2) is 38.3 Å². The van der Waals surface area contributed by atoms with Crippen molar-refractivity contribution in [3.05, 3.63) is 69.3 Å². The fourth-order valence-corrected chi connectivity index (χ4v) is 3.23. The van der Waals surface area contributed by atoms with Crippen LogP contribution < -0.4 is 20.1 Å². The summed E-state index contributed by atoms with van der Waals surface area (Å²) in [6, 6.07) is 9.39. The molecule has 156 valence electrons. The number of ether oxygens (including phenoxy) is 3. The molecule has 2 amide bonds. The molecule has 0 fully saturated rings. The Bertz CT molecular complexity index is 1030. The lowest BCUT2D eigenvalue weighted by atomic mass is 9.91. The zero-order valence-electron chi connectivity index (χ0n) is 16.4. The van der Waals surface area contributed by atoms with Gasteiger partial charge in [0.1, 0.15) is 0 Å². The summed E-state index contributed by atoms with van der Waals surface area (Å²) in [4.78, 5) is 36.3. The first-order valence-corrected chi connectivity index (χ1v) is 8.77. The van der Waals surface area contributed by atoms with E-state index in [4.69, 9.17) is 14.2 Å². The molecule has 1 atom stereocenters. The molecule has 2 aromatic rings. The van der Waals surface area contributed by atoms with Gasteiger partial charge < -0.3 is 24.8 Å². The quantitative estimate of drug-likeness (QED) is 0.423. The van der Waals surface area contributed by atoms with Crippen LogP contribution in [0.5, 0.6) is 11.5 Å². The van der Waals surface area contributed by atoms with Gasteiger partial charge in [-0.1, -0.05) is 30.3 Å². The standard InChI is InChI=1S/C20H19N3O7/c1-28-14-9-12(13(23(26)27)10-15(14)29-2)18-16(19(24)30-3)17(21-20(25)22-18)11-7-5-4-6-8-11/h4-10,18H,1-3H3,(H2,21,22,25). The van der Waals surface area contributed by atoms with Crippen molar-refractivity contribution in [2.24, 2.45) is 0 Å². The predicted molar refractivity (Wildman–Crippen MR) is 106 cm³/mol. The predicted octanol–water partition coefficient (Wildman–Crippen LogP) is 2.55.